The number of carbonyl (C=O) groups excluding carboxylic acids is 1. The highest BCUT2D eigenvalue weighted by Gasteiger charge is 2.55. The van der Waals surface area contributed by atoms with Gasteiger partial charge in [-0.05, 0) is 30.7 Å². The summed E-state index contributed by atoms with van der Waals surface area (Å²) >= 11 is 0. The third-order valence-electron chi connectivity index (χ3n) is 5.31. The number of sulfonamides is 1. The van der Waals surface area contributed by atoms with Crippen LogP contribution in [-0.4, -0.2) is 62.0 Å². The van der Waals surface area contributed by atoms with Gasteiger partial charge in [-0.3, -0.25) is 10.0 Å². The number of nitrogens with zero attached hydrogens (tertiary/aromatic N) is 1. The van der Waals surface area contributed by atoms with Gasteiger partial charge in [0.1, 0.15) is 11.8 Å². The Balaban J connectivity index is 1.82. The van der Waals surface area contributed by atoms with E-state index in [4.69, 9.17) is 19.4 Å². The van der Waals surface area contributed by atoms with Crippen LogP contribution in [0.3, 0.4) is 0 Å². The molecule has 2 aliphatic rings. The van der Waals surface area contributed by atoms with Gasteiger partial charge in [0.05, 0.1) is 31.3 Å². The van der Waals surface area contributed by atoms with Crippen molar-refractivity contribution in [2.75, 3.05) is 26.4 Å². The minimum absolute atomic E-state index is 0.00703. The van der Waals surface area contributed by atoms with E-state index >= 15 is 0 Å². The average Bonchev–Trinajstić information content (AvgIpc) is 3.11. The predicted octanol–water partition coefficient (Wildman–Crippen LogP) is 1.90. The number of rotatable bonds is 7. The Kier molecular flexibility index (Phi) is 6.73. The monoisotopic (exact) mass is 442 g/mol. The number of hydrogen-bond acceptors (Lipinski definition) is 7. The van der Waals surface area contributed by atoms with Crippen molar-refractivity contribution in [3.63, 3.8) is 0 Å². The van der Waals surface area contributed by atoms with Crippen molar-refractivity contribution in [3.8, 4) is 5.75 Å². The van der Waals surface area contributed by atoms with Crippen LogP contribution in [0.25, 0.3) is 0 Å². The highest BCUT2D eigenvalue weighted by molar-refractivity contribution is 7.89. The zero-order chi connectivity index (χ0) is 22.0. The second-order valence-electron chi connectivity index (χ2n) is 8.57. The Labute approximate surface area is 177 Å². The molecule has 1 atom stereocenters. The molecule has 30 heavy (non-hydrogen) atoms. The Morgan fingerprint density at radius 2 is 1.90 bits per heavy atom. The molecule has 2 N–H and O–H groups in total. The van der Waals surface area contributed by atoms with E-state index in [9.17, 15) is 13.2 Å². The number of ether oxygens (including phenoxy) is 3. The molecule has 9 nitrogen and oxygen atoms in total. The summed E-state index contributed by atoms with van der Waals surface area (Å²) in [5.41, 5.74) is 1.35. The number of benzene rings is 1. The first-order valence-corrected chi connectivity index (χ1v) is 11.5. The van der Waals surface area contributed by atoms with E-state index in [1.807, 2.05) is 13.8 Å². The number of carbonyl (C=O) groups is 1. The molecule has 0 aromatic heterocycles. The molecule has 0 bridgehead atoms. The molecule has 1 spiro atoms. The summed E-state index contributed by atoms with van der Waals surface area (Å²) in [5, 5.41) is 9.14. The minimum atomic E-state index is -4.04. The van der Waals surface area contributed by atoms with Crippen LogP contribution in [0.4, 0.5) is 0 Å². The normalized spacial score (nSPS) is 23.4. The molecular formula is C20H30N2O7S. The number of hydroxylamine groups is 1. The largest absolute Gasteiger partial charge is 0.494 e. The number of amides is 1. The molecule has 0 aliphatic carbocycles. The second-order valence-corrected chi connectivity index (χ2v) is 10.5. The lowest BCUT2D eigenvalue weighted by Gasteiger charge is -2.41. The van der Waals surface area contributed by atoms with E-state index in [0.29, 0.717) is 25.6 Å². The lowest BCUT2D eigenvalue weighted by Crippen LogP contribution is -2.49. The zero-order valence-electron chi connectivity index (χ0n) is 17.6. The molecule has 0 unspecified atom stereocenters. The lowest BCUT2D eigenvalue weighted by molar-refractivity contribution is -0.289. The van der Waals surface area contributed by atoms with Gasteiger partial charge in [-0.2, -0.15) is 4.31 Å². The quantitative estimate of drug-likeness (QED) is 0.377. The fourth-order valence-electron chi connectivity index (χ4n) is 3.48. The Morgan fingerprint density at radius 3 is 2.47 bits per heavy atom. The highest BCUT2D eigenvalue weighted by atomic mass is 32.2. The maximum absolute atomic E-state index is 13.3. The van der Waals surface area contributed by atoms with Crippen molar-refractivity contribution >= 4 is 15.9 Å². The minimum Gasteiger partial charge on any atom is -0.494 e. The summed E-state index contributed by atoms with van der Waals surface area (Å²) in [5.74, 6) is -1.47. The summed E-state index contributed by atoms with van der Waals surface area (Å²) in [6.45, 7) is 7.17. The maximum Gasteiger partial charge on any atom is 0.261 e. The summed E-state index contributed by atoms with van der Waals surface area (Å²) in [6, 6.07) is 4.92. The molecule has 2 saturated heterocycles. The van der Waals surface area contributed by atoms with Crippen molar-refractivity contribution < 1.29 is 32.6 Å². The molecule has 0 saturated carbocycles. The average molecular weight is 443 g/mol. The van der Waals surface area contributed by atoms with Crippen LogP contribution in [0.15, 0.2) is 29.2 Å². The molecule has 2 fully saturated rings. The number of unbranched alkanes of at least 4 members (excludes halogenated alkanes) is 1. The molecular weight excluding hydrogens is 412 g/mol. The van der Waals surface area contributed by atoms with Crippen molar-refractivity contribution in [2.45, 2.75) is 56.8 Å². The summed E-state index contributed by atoms with van der Waals surface area (Å²) in [6.07, 6.45) is 1.90. The number of hydrogen-bond donors (Lipinski definition) is 2. The standard InChI is InChI=1S/C20H30N2O7S/c1-4-5-10-27-15-6-8-16(9-7-15)30(25,26)22-12-20(11-17(22)18(23)21-24)28-13-19(2,3)14-29-20/h6-9,17,24H,4-5,10-14H2,1-3H3,(H,21,23)/t17-/m1/s1. The highest BCUT2D eigenvalue weighted by Crippen LogP contribution is 2.40. The van der Waals surface area contributed by atoms with Gasteiger partial charge in [-0.25, -0.2) is 13.9 Å². The topological polar surface area (TPSA) is 114 Å². The van der Waals surface area contributed by atoms with E-state index in [2.05, 4.69) is 6.92 Å². The van der Waals surface area contributed by atoms with Crippen LogP contribution in [0, 0.1) is 5.41 Å². The SMILES string of the molecule is CCCCOc1ccc(S(=O)(=O)N2CC3(C[C@@H]2C(=O)NO)OCC(C)(C)CO3)cc1. The Morgan fingerprint density at radius 1 is 1.27 bits per heavy atom. The third kappa shape index (κ3) is 4.78. The van der Waals surface area contributed by atoms with Gasteiger partial charge in [0.15, 0.2) is 5.79 Å². The molecule has 1 amide bonds. The molecule has 10 heteroatoms. The first-order chi connectivity index (χ1) is 14.1. The van der Waals surface area contributed by atoms with Gasteiger partial charge in [0, 0.05) is 11.8 Å². The third-order valence-corrected chi connectivity index (χ3v) is 7.18. The van der Waals surface area contributed by atoms with Gasteiger partial charge in [-0.1, -0.05) is 27.2 Å². The van der Waals surface area contributed by atoms with Crippen LogP contribution in [0.2, 0.25) is 0 Å². The summed E-state index contributed by atoms with van der Waals surface area (Å²) in [4.78, 5) is 12.3. The van der Waals surface area contributed by atoms with Crippen molar-refractivity contribution in [2.24, 2.45) is 5.41 Å². The van der Waals surface area contributed by atoms with Gasteiger partial charge < -0.3 is 14.2 Å². The lowest BCUT2D eigenvalue weighted by atomic mass is 9.94. The van der Waals surface area contributed by atoms with E-state index in [-0.39, 0.29) is 23.3 Å². The maximum atomic E-state index is 13.3. The van der Waals surface area contributed by atoms with Gasteiger partial charge in [-0.15, -0.1) is 0 Å². The molecule has 2 heterocycles. The van der Waals surface area contributed by atoms with Crippen LogP contribution in [0.5, 0.6) is 5.75 Å². The van der Waals surface area contributed by atoms with E-state index in [1.165, 1.54) is 12.1 Å². The Bertz CT molecular complexity index is 844. The predicted molar refractivity (Wildman–Crippen MR) is 107 cm³/mol. The zero-order valence-corrected chi connectivity index (χ0v) is 18.4. The number of nitrogens with one attached hydrogen (secondary N) is 1. The van der Waals surface area contributed by atoms with Crippen LogP contribution in [-0.2, 0) is 24.3 Å². The van der Waals surface area contributed by atoms with Crippen molar-refractivity contribution in [3.05, 3.63) is 24.3 Å². The molecule has 168 valence electrons. The smallest absolute Gasteiger partial charge is 0.261 e. The van der Waals surface area contributed by atoms with E-state index < -0.39 is 27.8 Å². The van der Waals surface area contributed by atoms with Crippen molar-refractivity contribution in [1.82, 2.24) is 9.79 Å². The van der Waals surface area contributed by atoms with Crippen LogP contribution >= 0.6 is 0 Å². The second kappa shape index (κ2) is 8.80. The fraction of sp³-hybridized carbons (Fsp3) is 0.650. The van der Waals surface area contributed by atoms with Crippen LogP contribution in [0.1, 0.15) is 40.0 Å². The molecule has 3 rings (SSSR count). The molecule has 1 aromatic rings. The first kappa shape index (κ1) is 23.0. The van der Waals surface area contributed by atoms with Gasteiger partial charge >= 0.3 is 0 Å². The molecule has 1 aromatic carbocycles. The van der Waals surface area contributed by atoms with E-state index in [1.54, 1.807) is 17.6 Å². The van der Waals surface area contributed by atoms with E-state index in [0.717, 1.165) is 17.1 Å². The Hall–Kier alpha value is -1.72. The fourth-order valence-corrected chi connectivity index (χ4v) is 5.11. The summed E-state index contributed by atoms with van der Waals surface area (Å²) in [7, 11) is -4.04. The van der Waals surface area contributed by atoms with Gasteiger partial charge in [0.2, 0.25) is 10.0 Å². The first-order valence-electron chi connectivity index (χ1n) is 10.1. The van der Waals surface area contributed by atoms with Crippen molar-refractivity contribution in [1.29, 1.82) is 0 Å². The van der Waals surface area contributed by atoms with Crippen LogP contribution < -0.4 is 10.2 Å². The molecule has 0 radical (unpaired) electrons. The summed E-state index contributed by atoms with van der Waals surface area (Å²) < 4.78 is 45.0. The molecule has 2 aliphatic heterocycles. The van der Waals surface area contributed by atoms with Gasteiger partial charge in [0.25, 0.3) is 5.91 Å².